The van der Waals surface area contributed by atoms with Gasteiger partial charge in [0.05, 0.1) is 13.7 Å². The predicted octanol–water partition coefficient (Wildman–Crippen LogP) is -0.0906. The van der Waals surface area contributed by atoms with Crippen molar-refractivity contribution in [3.05, 3.63) is 30.1 Å². The Morgan fingerprint density at radius 2 is 2.26 bits per heavy atom. The number of amides is 2. The molecule has 1 aromatic heterocycles. The number of aromatic nitrogens is 1. The number of piperazine rings is 1. The number of hydrogen-bond donors (Lipinski definition) is 0. The van der Waals surface area contributed by atoms with E-state index < -0.39 is 17.4 Å². The number of rotatable bonds is 4. The zero-order valence-electron chi connectivity index (χ0n) is 12.7. The van der Waals surface area contributed by atoms with E-state index in [2.05, 4.69) is 4.98 Å². The Bertz CT molecular complexity index is 624. The highest BCUT2D eigenvalue weighted by molar-refractivity contribution is 8.00. The van der Waals surface area contributed by atoms with E-state index in [4.69, 9.17) is 4.74 Å². The summed E-state index contributed by atoms with van der Waals surface area (Å²) in [6.45, 7) is 0.440. The van der Waals surface area contributed by atoms with E-state index >= 15 is 0 Å². The first-order valence-corrected chi connectivity index (χ1v) is 8.36. The summed E-state index contributed by atoms with van der Waals surface area (Å²) in [7, 11) is 1.28. The number of carbonyl (C=O) groups excluding carboxylic acids is 3. The molecule has 0 aromatic carbocycles. The van der Waals surface area contributed by atoms with Crippen LogP contribution >= 0.6 is 11.8 Å². The van der Waals surface area contributed by atoms with Crippen molar-refractivity contribution in [1.82, 2.24) is 14.8 Å². The number of methoxy groups -OCH3 is 1. The van der Waals surface area contributed by atoms with Crippen LogP contribution in [0.4, 0.5) is 0 Å². The average molecular weight is 335 g/mol. The van der Waals surface area contributed by atoms with Crippen LogP contribution in [0.1, 0.15) is 5.69 Å². The van der Waals surface area contributed by atoms with Gasteiger partial charge in [0.25, 0.3) is 0 Å². The second kappa shape index (κ2) is 6.57. The molecular weight excluding hydrogens is 318 g/mol. The Morgan fingerprint density at radius 1 is 1.43 bits per heavy atom. The first kappa shape index (κ1) is 15.8. The average Bonchev–Trinajstić information content (AvgIpc) is 3.03. The van der Waals surface area contributed by atoms with Gasteiger partial charge in [-0.3, -0.25) is 14.6 Å². The Hall–Kier alpha value is -2.09. The van der Waals surface area contributed by atoms with Crippen molar-refractivity contribution in [3.8, 4) is 0 Å². The van der Waals surface area contributed by atoms with Crippen LogP contribution in [0.2, 0.25) is 0 Å². The number of ether oxygens (including phenoxy) is 1. The van der Waals surface area contributed by atoms with Crippen molar-refractivity contribution in [2.75, 3.05) is 26.0 Å². The molecule has 2 saturated heterocycles. The third-order valence-electron chi connectivity index (χ3n) is 3.98. The van der Waals surface area contributed by atoms with Crippen molar-refractivity contribution in [2.45, 2.75) is 17.8 Å². The number of hydrogen-bond acceptors (Lipinski definition) is 6. The molecule has 0 spiro atoms. The van der Waals surface area contributed by atoms with Crippen molar-refractivity contribution < 1.29 is 19.1 Å². The maximum Gasteiger partial charge on any atom is 0.339 e. The summed E-state index contributed by atoms with van der Waals surface area (Å²) < 4.78 is 4.71. The molecule has 1 aromatic rings. The van der Waals surface area contributed by atoms with Crippen LogP contribution in [0.3, 0.4) is 0 Å². The fourth-order valence-electron chi connectivity index (χ4n) is 2.80. The van der Waals surface area contributed by atoms with Crippen molar-refractivity contribution in [2.24, 2.45) is 0 Å². The smallest absolute Gasteiger partial charge is 0.339 e. The first-order valence-electron chi connectivity index (χ1n) is 7.31. The van der Waals surface area contributed by atoms with Crippen molar-refractivity contribution in [1.29, 1.82) is 0 Å². The van der Waals surface area contributed by atoms with Gasteiger partial charge in [-0.15, -0.1) is 11.8 Å². The molecule has 2 aliphatic heterocycles. The molecule has 2 aliphatic rings. The molecule has 2 fully saturated rings. The van der Waals surface area contributed by atoms with Gasteiger partial charge in [-0.2, -0.15) is 0 Å². The van der Waals surface area contributed by atoms with Gasteiger partial charge in [0.15, 0.2) is 5.37 Å². The number of esters is 1. The Balaban J connectivity index is 1.68. The first-order chi connectivity index (χ1) is 11.1. The van der Waals surface area contributed by atoms with Crippen LogP contribution in [0.5, 0.6) is 0 Å². The lowest BCUT2D eigenvalue weighted by molar-refractivity contribution is -0.159. The minimum Gasteiger partial charge on any atom is -0.467 e. The zero-order valence-corrected chi connectivity index (χ0v) is 13.5. The molecule has 0 saturated carbocycles. The van der Waals surface area contributed by atoms with Crippen molar-refractivity contribution in [3.63, 3.8) is 0 Å². The maximum atomic E-state index is 12.6. The van der Waals surface area contributed by atoms with Crippen LogP contribution in [0.25, 0.3) is 0 Å². The molecule has 3 heterocycles. The van der Waals surface area contributed by atoms with Gasteiger partial charge >= 0.3 is 5.97 Å². The van der Waals surface area contributed by atoms with E-state index in [9.17, 15) is 14.4 Å². The highest BCUT2D eigenvalue weighted by Gasteiger charge is 2.50. The fourth-order valence-corrected chi connectivity index (χ4v) is 4.13. The van der Waals surface area contributed by atoms with E-state index in [0.717, 1.165) is 5.69 Å². The molecule has 7 nitrogen and oxygen atoms in total. The minimum atomic E-state index is -0.709. The topological polar surface area (TPSA) is 79.8 Å². The summed E-state index contributed by atoms with van der Waals surface area (Å²) >= 11 is 1.28. The van der Waals surface area contributed by atoms with Gasteiger partial charge in [-0.25, -0.2) is 4.79 Å². The quantitative estimate of drug-likeness (QED) is 0.716. The Labute approximate surface area is 138 Å². The molecule has 23 heavy (non-hydrogen) atoms. The van der Waals surface area contributed by atoms with Crippen LogP contribution in [-0.2, 0) is 25.5 Å². The van der Waals surface area contributed by atoms with E-state index in [1.54, 1.807) is 11.1 Å². The van der Waals surface area contributed by atoms with Crippen LogP contribution < -0.4 is 0 Å². The Kier molecular flexibility index (Phi) is 4.51. The van der Waals surface area contributed by atoms with E-state index in [1.165, 1.54) is 23.8 Å². The van der Waals surface area contributed by atoms with E-state index in [0.29, 0.717) is 18.7 Å². The number of thioether (sulfide) groups is 1. The highest BCUT2D eigenvalue weighted by atomic mass is 32.2. The molecule has 3 rings (SSSR count). The van der Waals surface area contributed by atoms with Gasteiger partial charge < -0.3 is 14.5 Å². The van der Waals surface area contributed by atoms with Gasteiger partial charge in [0.1, 0.15) is 6.04 Å². The molecule has 0 N–H and O–H groups in total. The largest absolute Gasteiger partial charge is 0.467 e. The van der Waals surface area contributed by atoms with Gasteiger partial charge in [0.2, 0.25) is 11.8 Å². The molecule has 2 amide bonds. The van der Waals surface area contributed by atoms with Gasteiger partial charge in [0, 0.05) is 30.6 Å². The monoisotopic (exact) mass is 335 g/mol. The van der Waals surface area contributed by atoms with Gasteiger partial charge in [-0.1, -0.05) is 6.07 Å². The summed E-state index contributed by atoms with van der Waals surface area (Å²) in [6, 6.07) is 5.04. The molecule has 0 unspecified atom stereocenters. The molecule has 8 heteroatoms. The van der Waals surface area contributed by atoms with Crippen LogP contribution in [-0.4, -0.2) is 69.9 Å². The SMILES string of the molecule is COC(=O)[C@@H]1SC[C@@H]2C(=O)N(CCc3ccccn3)CC(=O)N21. The normalized spacial score (nSPS) is 23.9. The summed E-state index contributed by atoms with van der Waals surface area (Å²) in [5, 5.41) is -0.709. The van der Waals surface area contributed by atoms with Crippen LogP contribution in [0, 0.1) is 0 Å². The highest BCUT2D eigenvalue weighted by Crippen LogP contribution is 2.33. The third-order valence-corrected chi connectivity index (χ3v) is 5.22. The molecule has 122 valence electrons. The van der Waals surface area contributed by atoms with Crippen LogP contribution in [0.15, 0.2) is 24.4 Å². The molecule has 2 atom stereocenters. The maximum absolute atomic E-state index is 12.6. The fraction of sp³-hybridized carbons (Fsp3) is 0.467. The Morgan fingerprint density at radius 3 is 2.96 bits per heavy atom. The van der Waals surface area contributed by atoms with E-state index in [-0.39, 0.29) is 18.4 Å². The van der Waals surface area contributed by atoms with E-state index in [1.807, 2.05) is 18.2 Å². The number of pyridine rings is 1. The summed E-state index contributed by atoms with van der Waals surface area (Å²) in [4.78, 5) is 43.8. The summed E-state index contributed by atoms with van der Waals surface area (Å²) in [6.07, 6.45) is 2.30. The molecule has 0 radical (unpaired) electrons. The molecule has 0 bridgehead atoms. The number of carbonyl (C=O) groups is 3. The summed E-state index contributed by atoms with van der Waals surface area (Å²) in [5.74, 6) is -0.388. The lowest BCUT2D eigenvalue weighted by Crippen LogP contribution is -2.61. The lowest BCUT2D eigenvalue weighted by Gasteiger charge is -2.37. The molecule has 0 aliphatic carbocycles. The second-order valence-electron chi connectivity index (χ2n) is 5.36. The standard InChI is InChI=1S/C15H17N3O4S/c1-22-15(21)14-18-11(9-23-14)13(20)17(8-12(18)19)7-5-10-4-2-3-6-16-10/h2-4,6,11,14H,5,7-9H2,1H3/t11-,14+/m1/s1. The van der Waals surface area contributed by atoms with Crippen molar-refractivity contribution >= 4 is 29.5 Å². The second-order valence-corrected chi connectivity index (χ2v) is 6.47. The number of fused-ring (bicyclic) bond motifs is 1. The zero-order chi connectivity index (χ0) is 16.4. The summed E-state index contributed by atoms with van der Waals surface area (Å²) in [5.41, 5.74) is 0.878. The lowest BCUT2D eigenvalue weighted by atomic mass is 10.1. The number of nitrogens with zero attached hydrogens (tertiary/aromatic N) is 3. The minimum absolute atomic E-state index is 0.00375. The van der Waals surface area contributed by atoms with Gasteiger partial charge in [-0.05, 0) is 12.1 Å². The third kappa shape index (κ3) is 3.03. The predicted molar refractivity (Wildman–Crippen MR) is 83.4 cm³/mol. The molecular formula is C15H17N3O4S.